The Labute approximate surface area is 427 Å². The second-order valence-electron chi connectivity index (χ2n) is 17.8. The lowest BCUT2D eigenvalue weighted by molar-refractivity contribution is -0.146. The van der Waals surface area contributed by atoms with Crippen LogP contribution in [0, 0.1) is 13.8 Å². The number of pyridine rings is 2. The number of aliphatic hydroxyl groups is 2. The molecular weight excluding hydrogens is 964 g/mol. The van der Waals surface area contributed by atoms with Crippen LogP contribution in [0.15, 0.2) is 108 Å². The second kappa shape index (κ2) is 23.5. The van der Waals surface area contributed by atoms with Gasteiger partial charge in [0.15, 0.2) is 0 Å². The van der Waals surface area contributed by atoms with E-state index in [-0.39, 0.29) is 49.6 Å². The zero-order valence-electron chi connectivity index (χ0n) is 40.5. The minimum absolute atomic E-state index is 0.0171. The Hall–Kier alpha value is -6.92. The Balaban J connectivity index is 1.09. The number of ether oxygens (including phenoxy) is 4. The SMILES string of the molecule is C/N=C/c1cncc(COc2cc(OCc3cccc(-c4cccc(COc5cc(OCc6cncc(C7=NC7)c6)c(CNC(C)(CO)C(=O)O)cc5Cl)c4C)c3C)c(Cl)cc2CNC(C)(CO)C(=O)O)c1. The zero-order chi connectivity index (χ0) is 51.6. The normalized spacial score (nSPS) is 13.8. The number of nitrogens with one attached hydrogen (secondary N) is 2. The van der Waals surface area contributed by atoms with Crippen LogP contribution in [0.3, 0.4) is 0 Å². The van der Waals surface area contributed by atoms with Crippen molar-refractivity contribution < 1.29 is 49.0 Å². The standard InChI is InChI=1S/C54H56Cl2N6O10/c1-32-37(28-71-49-16-47(69-26-35-12-34(18-57-5)19-58-20-35)40(14-44(49)55)23-61-53(3,30-63)51(65)66)8-6-10-42(32)43-11-7-9-38(33(43)2)29-72-50-17-48(70-27-36-13-39(22-59-21-36)46-25-60-46)41(15-45(50)56)24-62-54(4,31-64)52(67)68/h6-22,61-64H,23-31H2,1-5H3,(H,65,66)(H,67,68)/b57-18+. The van der Waals surface area contributed by atoms with Crippen molar-refractivity contribution in [1.29, 1.82) is 0 Å². The third-order valence-corrected chi connectivity index (χ3v) is 13.0. The number of carbonyl (C=O) groups is 2. The van der Waals surface area contributed by atoms with Gasteiger partial charge in [0.2, 0.25) is 0 Å². The molecule has 6 aromatic rings. The summed E-state index contributed by atoms with van der Waals surface area (Å²) < 4.78 is 25.4. The monoisotopic (exact) mass is 1020 g/mol. The van der Waals surface area contributed by atoms with Crippen LogP contribution < -0.4 is 29.6 Å². The van der Waals surface area contributed by atoms with E-state index in [2.05, 4.69) is 30.6 Å². The fourth-order valence-electron chi connectivity index (χ4n) is 7.55. The van der Waals surface area contributed by atoms with Crippen molar-refractivity contribution in [2.45, 2.75) is 78.3 Å². The van der Waals surface area contributed by atoms with Gasteiger partial charge < -0.3 is 39.4 Å². The predicted octanol–water partition coefficient (Wildman–Crippen LogP) is 8.09. The van der Waals surface area contributed by atoms with Crippen LogP contribution in [0.5, 0.6) is 23.0 Å². The molecular formula is C54H56Cl2N6O10. The fraction of sp³-hybridized carbons (Fsp3) is 0.296. The summed E-state index contributed by atoms with van der Waals surface area (Å²) >= 11 is 13.7. The first-order valence-electron chi connectivity index (χ1n) is 22.9. The molecule has 0 radical (unpaired) electrons. The first-order chi connectivity index (χ1) is 34.5. The highest BCUT2D eigenvalue weighted by Crippen LogP contribution is 2.38. The molecule has 0 saturated heterocycles. The van der Waals surface area contributed by atoms with Crippen LogP contribution in [-0.2, 0) is 49.1 Å². The molecule has 18 heteroatoms. The molecule has 72 heavy (non-hydrogen) atoms. The maximum absolute atomic E-state index is 12.0. The summed E-state index contributed by atoms with van der Waals surface area (Å²) in [5.74, 6) is -0.924. The molecule has 0 aliphatic carbocycles. The van der Waals surface area contributed by atoms with Gasteiger partial charge in [-0.15, -0.1) is 0 Å². The quantitative estimate of drug-likeness (QED) is 0.0298. The summed E-state index contributed by atoms with van der Waals surface area (Å²) in [6, 6.07) is 22.5. The molecule has 376 valence electrons. The van der Waals surface area contributed by atoms with E-state index in [1.165, 1.54) is 13.8 Å². The number of halogens is 2. The van der Waals surface area contributed by atoms with Gasteiger partial charge in [-0.25, -0.2) is 0 Å². The minimum Gasteiger partial charge on any atom is -0.488 e. The molecule has 16 nitrogen and oxygen atoms in total. The van der Waals surface area contributed by atoms with Gasteiger partial charge in [-0.2, -0.15) is 0 Å². The molecule has 1 aliphatic heterocycles. The first kappa shape index (κ1) is 52.9. The van der Waals surface area contributed by atoms with Gasteiger partial charge in [-0.05, 0) is 85.3 Å². The molecule has 2 unspecified atom stereocenters. The average Bonchev–Trinajstić information content (AvgIpc) is 4.23. The van der Waals surface area contributed by atoms with E-state index in [9.17, 15) is 30.0 Å². The zero-order valence-corrected chi connectivity index (χ0v) is 42.0. The van der Waals surface area contributed by atoms with E-state index in [1.54, 1.807) is 62.3 Å². The highest BCUT2D eigenvalue weighted by atomic mass is 35.5. The number of hydrogen-bond acceptors (Lipinski definition) is 14. The van der Waals surface area contributed by atoms with Crippen LogP contribution in [0.2, 0.25) is 10.0 Å². The summed E-state index contributed by atoms with van der Waals surface area (Å²) in [4.78, 5) is 40.9. The Morgan fingerprint density at radius 1 is 0.653 bits per heavy atom. The summed E-state index contributed by atoms with van der Waals surface area (Å²) in [6.45, 7) is 6.88. The van der Waals surface area contributed by atoms with Gasteiger partial charge in [-0.1, -0.05) is 59.6 Å². The molecule has 0 spiro atoms. The number of benzene rings is 4. The highest BCUT2D eigenvalue weighted by molar-refractivity contribution is 6.32. The Morgan fingerprint density at radius 2 is 1.11 bits per heavy atom. The van der Waals surface area contributed by atoms with E-state index in [0.29, 0.717) is 40.7 Å². The molecule has 3 heterocycles. The number of aromatic nitrogens is 2. The molecule has 0 amide bonds. The molecule has 2 atom stereocenters. The van der Waals surface area contributed by atoms with Crippen LogP contribution in [0.1, 0.15) is 69.5 Å². The second-order valence-corrected chi connectivity index (χ2v) is 18.6. The lowest BCUT2D eigenvalue weighted by Crippen LogP contribution is -2.52. The van der Waals surface area contributed by atoms with Gasteiger partial charge in [0.25, 0.3) is 0 Å². The number of carboxylic acids is 2. The fourth-order valence-corrected chi connectivity index (χ4v) is 8.03. The summed E-state index contributed by atoms with van der Waals surface area (Å²) in [6.07, 6.45) is 8.51. The van der Waals surface area contributed by atoms with Gasteiger partial charge in [0.1, 0.15) is 60.5 Å². The van der Waals surface area contributed by atoms with Crippen LogP contribution in [-0.4, -0.2) is 92.1 Å². The number of aliphatic carboxylic acids is 2. The molecule has 6 N–H and O–H groups in total. The summed E-state index contributed by atoms with van der Waals surface area (Å²) in [5.41, 5.74) is 7.91. The van der Waals surface area contributed by atoms with E-state index in [0.717, 1.165) is 61.3 Å². The van der Waals surface area contributed by atoms with E-state index >= 15 is 0 Å². The third-order valence-electron chi connectivity index (χ3n) is 12.4. The van der Waals surface area contributed by atoms with E-state index in [1.807, 2.05) is 62.4 Å². The Kier molecular flexibility index (Phi) is 17.3. The molecule has 0 saturated carbocycles. The number of aliphatic imine (C=N–C) groups is 2. The lowest BCUT2D eigenvalue weighted by atomic mass is 9.92. The number of aliphatic hydroxyl groups excluding tert-OH is 2. The number of nitrogens with zero attached hydrogens (tertiary/aromatic N) is 4. The number of carboxylic acid groups (broad SMARTS) is 2. The van der Waals surface area contributed by atoms with Crippen molar-refractivity contribution in [1.82, 2.24) is 20.6 Å². The Morgan fingerprint density at radius 3 is 1.56 bits per heavy atom. The van der Waals surface area contributed by atoms with Crippen molar-refractivity contribution in [3.8, 4) is 34.1 Å². The lowest BCUT2D eigenvalue weighted by Gasteiger charge is -2.25. The average molecular weight is 1020 g/mol. The predicted molar refractivity (Wildman–Crippen MR) is 275 cm³/mol. The summed E-state index contributed by atoms with van der Waals surface area (Å²) in [5, 5.41) is 45.7. The maximum atomic E-state index is 12.0. The molecule has 2 aromatic heterocycles. The van der Waals surface area contributed by atoms with Gasteiger partial charge in [0.05, 0.1) is 35.5 Å². The Bertz CT molecular complexity index is 3020. The molecule has 1 aliphatic rings. The van der Waals surface area contributed by atoms with Crippen molar-refractivity contribution in [3.63, 3.8) is 0 Å². The van der Waals surface area contributed by atoms with Gasteiger partial charge in [-0.3, -0.25) is 40.2 Å². The largest absolute Gasteiger partial charge is 0.488 e. The van der Waals surface area contributed by atoms with Crippen molar-refractivity contribution >= 4 is 47.1 Å². The molecule has 0 fully saturated rings. The van der Waals surface area contributed by atoms with E-state index in [4.69, 9.17) is 42.1 Å². The minimum atomic E-state index is -1.61. The number of hydrogen-bond donors (Lipinski definition) is 6. The number of rotatable bonds is 25. The van der Waals surface area contributed by atoms with Crippen molar-refractivity contribution in [2.75, 3.05) is 26.8 Å². The van der Waals surface area contributed by atoms with Crippen LogP contribution in [0.4, 0.5) is 0 Å². The topological polar surface area (TPSA) is 227 Å². The van der Waals surface area contributed by atoms with Gasteiger partial charge >= 0.3 is 11.9 Å². The smallest absolute Gasteiger partial charge is 0.326 e. The summed E-state index contributed by atoms with van der Waals surface area (Å²) in [7, 11) is 1.67. The third kappa shape index (κ3) is 12.9. The van der Waals surface area contributed by atoms with Crippen molar-refractivity contribution in [3.05, 3.63) is 163 Å². The van der Waals surface area contributed by atoms with Crippen LogP contribution in [0.25, 0.3) is 11.1 Å². The maximum Gasteiger partial charge on any atom is 0.326 e. The first-order valence-corrected chi connectivity index (χ1v) is 23.7. The molecule has 0 bridgehead atoms. The highest BCUT2D eigenvalue weighted by Gasteiger charge is 2.33. The molecule has 7 rings (SSSR count). The van der Waals surface area contributed by atoms with Gasteiger partial charge in [0, 0.05) is 96.7 Å². The van der Waals surface area contributed by atoms with Crippen molar-refractivity contribution in [2.24, 2.45) is 9.98 Å². The van der Waals surface area contributed by atoms with Crippen LogP contribution >= 0.6 is 23.2 Å². The van der Waals surface area contributed by atoms with E-state index < -0.39 is 36.2 Å². The molecule has 4 aromatic carbocycles.